The van der Waals surface area contributed by atoms with Gasteiger partial charge >= 0.3 is 5.82 Å². The van der Waals surface area contributed by atoms with Crippen molar-refractivity contribution in [2.45, 2.75) is 79.1 Å². The lowest BCUT2D eigenvalue weighted by molar-refractivity contribution is -0.929. The molecule has 26 heavy (non-hydrogen) atoms. The second-order valence-electron chi connectivity index (χ2n) is 6.97. The number of aromatic amines is 1. The van der Waals surface area contributed by atoms with Gasteiger partial charge in [0.2, 0.25) is 0 Å². The smallest absolute Gasteiger partial charge is 0.341 e. The number of halogens is 1. The Bertz CT molecular complexity index is 442. The minimum atomic E-state index is -0.544. The minimum absolute atomic E-state index is 0.109. The summed E-state index contributed by atoms with van der Waals surface area (Å²) in [6, 6.07) is 0. The van der Waals surface area contributed by atoms with Crippen LogP contribution in [0.1, 0.15) is 79.1 Å². The SMILES string of the molecule is CCCC[N+](CCCC)(CCCC)CCCC.O=[N+]([O-])c1cnc(Br)[nH]1. The molecule has 1 N–H and O–H groups in total. The third-order valence-electron chi connectivity index (χ3n) is 4.67. The molecule has 152 valence electrons. The Morgan fingerprint density at radius 2 is 1.35 bits per heavy atom. The molecule has 1 aromatic heterocycles. The van der Waals surface area contributed by atoms with Gasteiger partial charge in [0.1, 0.15) is 6.20 Å². The number of hydrogen-bond donors (Lipinski definition) is 1. The fourth-order valence-corrected chi connectivity index (χ4v) is 3.33. The Morgan fingerprint density at radius 1 is 0.962 bits per heavy atom. The summed E-state index contributed by atoms with van der Waals surface area (Å²) in [6.07, 6.45) is 12.2. The lowest BCUT2D eigenvalue weighted by Gasteiger charge is -2.39. The summed E-state index contributed by atoms with van der Waals surface area (Å²) < 4.78 is 1.79. The zero-order valence-corrected chi connectivity index (χ0v) is 18.7. The molecule has 0 spiro atoms. The normalized spacial score (nSPS) is 11.1. The van der Waals surface area contributed by atoms with E-state index in [1.54, 1.807) is 0 Å². The van der Waals surface area contributed by atoms with E-state index in [0.29, 0.717) is 4.73 Å². The second-order valence-corrected chi connectivity index (χ2v) is 7.72. The fourth-order valence-electron chi connectivity index (χ4n) is 3.03. The molecular weight excluding hydrogens is 396 g/mol. The molecule has 0 radical (unpaired) electrons. The van der Waals surface area contributed by atoms with Crippen molar-refractivity contribution < 1.29 is 9.41 Å². The number of aromatic nitrogens is 2. The van der Waals surface area contributed by atoms with Crippen LogP contribution in [0.25, 0.3) is 0 Å². The summed E-state index contributed by atoms with van der Waals surface area (Å²) in [5.74, 6) is -0.109. The molecule has 0 saturated carbocycles. The molecule has 0 aliphatic rings. The van der Waals surface area contributed by atoms with Gasteiger partial charge < -0.3 is 14.6 Å². The van der Waals surface area contributed by atoms with Gasteiger partial charge in [-0.1, -0.05) is 53.4 Å². The van der Waals surface area contributed by atoms with Gasteiger partial charge in [0.05, 0.1) is 26.2 Å². The van der Waals surface area contributed by atoms with E-state index in [4.69, 9.17) is 0 Å². The fraction of sp³-hybridized carbons (Fsp3) is 0.842. The van der Waals surface area contributed by atoms with Crippen LogP contribution in [0, 0.1) is 10.1 Å². The van der Waals surface area contributed by atoms with Gasteiger partial charge in [-0.15, -0.1) is 0 Å². The van der Waals surface area contributed by atoms with Crippen molar-refractivity contribution in [1.82, 2.24) is 9.97 Å². The number of nitrogens with zero attached hydrogens (tertiary/aromatic N) is 3. The van der Waals surface area contributed by atoms with Crippen LogP contribution in [0.5, 0.6) is 0 Å². The van der Waals surface area contributed by atoms with Crippen LogP contribution in [-0.4, -0.2) is 45.6 Å². The topological polar surface area (TPSA) is 71.8 Å². The van der Waals surface area contributed by atoms with Crippen molar-refractivity contribution >= 4 is 21.7 Å². The number of hydrogen-bond acceptors (Lipinski definition) is 3. The summed E-state index contributed by atoms with van der Waals surface area (Å²) in [4.78, 5) is 15.3. The summed E-state index contributed by atoms with van der Waals surface area (Å²) in [5.41, 5.74) is 0. The molecule has 0 fully saturated rings. The molecule has 1 rings (SSSR count). The highest BCUT2D eigenvalue weighted by Crippen LogP contribution is 2.16. The maximum Gasteiger partial charge on any atom is 0.341 e. The molecule has 0 unspecified atom stereocenters. The van der Waals surface area contributed by atoms with E-state index in [0.717, 1.165) is 6.20 Å². The number of quaternary nitrogens is 1. The van der Waals surface area contributed by atoms with E-state index in [2.05, 4.69) is 53.6 Å². The van der Waals surface area contributed by atoms with Crippen molar-refractivity contribution in [3.05, 3.63) is 21.0 Å². The monoisotopic (exact) mass is 433 g/mol. The molecule has 0 amide bonds. The highest BCUT2D eigenvalue weighted by Gasteiger charge is 2.24. The first-order valence-electron chi connectivity index (χ1n) is 10.1. The molecule has 0 aromatic carbocycles. The van der Waals surface area contributed by atoms with E-state index in [9.17, 15) is 10.1 Å². The first-order valence-corrected chi connectivity index (χ1v) is 10.9. The molecule has 0 atom stereocenters. The second kappa shape index (κ2) is 15.1. The van der Waals surface area contributed by atoms with Gasteiger partial charge in [-0.25, -0.2) is 9.97 Å². The van der Waals surface area contributed by atoms with Gasteiger partial charge in [0.15, 0.2) is 0 Å². The maximum atomic E-state index is 9.93. The molecular formula is C19H38BrN4O2+. The Labute approximate surface area is 167 Å². The van der Waals surface area contributed by atoms with Gasteiger partial charge in [-0.3, -0.25) is 0 Å². The van der Waals surface area contributed by atoms with Crippen LogP contribution in [-0.2, 0) is 0 Å². The lowest BCUT2D eigenvalue weighted by Crippen LogP contribution is -2.50. The van der Waals surface area contributed by atoms with Crippen molar-refractivity contribution in [1.29, 1.82) is 0 Å². The van der Waals surface area contributed by atoms with E-state index in [-0.39, 0.29) is 5.82 Å². The summed E-state index contributed by atoms with van der Waals surface area (Å²) in [7, 11) is 0. The van der Waals surface area contributed by atoms with Crippen molar-refractivity contribution in [3.63, 3.8) is 0 Å². The molecule has 1 aromatic rings. The molecule has 0 aliphatic carbocycles. The highest BCUT2D eigenvalue weighted by molar-refractivity contribution is 9.10. The molecule has 7 heteroatoms. The zero-order valence-electron chi connectivity index (χ0n) is 17.1. The molecule has 0 bridgehead atoms. The predicted molar refractivity (Wildman–Crippen MR) is 112 cm³/mol. The van der Waals surface area contributed by atoms with Crippen LogP contribution in [0.15, 0.2) is 10.9 Å². The Morgan fingerprint density at radius 3 is 1.54 bits per heavy atom. The standard InChI is InChI=1S/C16H36N.C3H2BrN3O2/c1-5-9-13-17(14-10-6-2,15-11-7-3)16-12-8-4;4-3-5-1-2(6-3)7(8)9/h5-16H2,1-4H3;1H,(H,5,6)/q+1;. The number of H-pyrrole nitrogens is 1. The third-order valence-corrected chi connectivity index (χ3v) is 5.08. The lowest BCUT2D eigenvalue weighted by atomic mass is 10.1. The maximum absolute atomic E-state index is 9.93. The zero-order chi connectivity index (χ0) is 19.8. The van der Waals surface area contributed by atoms with Crippen LogP contribution in [0.4, 0.5) is 5.82 Å². The highest BCUT2D eigenvalue weighted by atomic mass is 79.9. The van der Waals surface area contributed by atoms with Gasteiger partial charge in [0, 0.05) is 15.9 Å². The molecule has 1 heterocycles. The minimum Gasteiger partial charge on any atom is -0.358 e. The summed E-state index contributed by atoms with van der Waals surface area (Å²) in [6.45, 7) is 15.0. The van der Waals surface area contributed by atoms with E-state index in [1.165, 1.54) is 82.0 Å². The molecule has 6 nitrogen and oxygen atoms in total. The average Bonchev–Trinajstić information content (AvgIpc) is 3.08. The summed E-state index contributed by atoms with van der Waals surface area (Å²) in [5, 5.41) is 9.93. The van der Waals surface area contributed by atoms with Crippen LogP contribution < -0.4 is 0 Å². The number of unbranched alkanes of at least 4 members (excludes halogenated alkanes) is 4. The predicted octanol–water partition coefficient (Wildman–Crippen LogP) is 6.08. The van der Waals surface area contributed by atoms with E-state index in [1.807, 2.05) is 0 Å². The van der Waals surface area contributed by atoms with Gasteiger partial charge in [-0.05, 0) is 30.6 Å². The first kappa shape index (κ1) is 25.1. The number of nitro groups is 1. The average molecular weight is 434 g/mol. The third kappa shape index (κ3) is 10.9. The van der Waals surface area contributed by atoms with E-state index >= 15 is 0 Å². The van der Waals surface area contributed by atoms with E-state index < -0.39 is 4.92 Å². The largest absolute Gasteiger partial charge is 0.358 e. The Hall–Kier alpha value is -0.950. The van der Waals surface area contributed by atoms with Gasteiger partial charge in [0.25, 0.3) is 4.73 Å². The van der Waals surface area contributed by atoms with Crippen LogP contribution in [0.2, 0.25) is 0 Å². The van der Waals surface area contributed by atoms with Crippen molar-refractivity contribution in [2.75, 3.05) is 26.2 Å². The van der Waals surface area contributed by atoms with Gasteiger partial charge in [-0.2, -0.15) is 0 Å². The molecule has 0 aliphatic heterocycles. The number of rotatable bonds is 13. The van der Waals surface area contributed by atoms with Crippen LogP contribution in [0.3, 0.4) is 0 Å². The van der Waals surface area contributed by atoms with Crippen molar-refractivity contribution in [3.8, 4) is 0 Å². The Balaban J connectivity index is 0.000000577. The summed E-state index contributed by atoms with van der Waals surface area (Å²) >= 11 is 2.93. The number of nitrogens with one attached hydrogen (secondary N) is 1. The molecule has 0 saturated heterocycles. The first-order chi connectivity index (χ1) is 12.4. The quantitative estimate of drug-likeness (QED) is 0.232. The Kier molecular flexibility index (Phi) is 14.6. The van der Waals surface area contributed by atoms with Crippen LogP contribution >= 0.6 is 15.9 Å². The van der Waals surface area contributed by atoms with Crippen molar-refractivity contribution in [2.24, 2.45) is 0 Å². The number of imidazole rings is 1.